The Labute approximate surface area is 114 Å². The Bertz CT molecular complexity index is 454. The molecule has 0 spiro atoms. The number of nitrogens with zero attached hydrogens (tertiary/aromatic N) is 2. The van der Waals surface area contributed by atoms with Gasteiger partial charge in [-0.05, 0) is 33.6 Å². The highest BCUT2D eigenvalue weighted by Crippen LogP contribution is 2.19. The highest BCUT2D eigenvalue weighted by atomic mass is 16.3. The van der Waals surface area contributed by atoms with E-state index in [2.05, 4.69) is 10.4 Å². The van der Waals surface area contributed by atoms with Gasteiger partial charge in [-0.3, -0.25) is 9.48 Å². The van der Waals surface area contributed by atoms with Crippen LogP contribution >= 0.6 is 0 Å². The third-order valence-electron chi connectivity index (χ3n) is 3.82. The number of nitrogens with one attached hydrogen (secondary N) is 1. The smallest absolute Gasteiger partial charge is 0.255 e. The molecule has 2 N–H and O–H groups in total. The maximum absolute atomic E-state index is 12.2. The van der Waals surface area contributed by atoms with Gasteiger partial charge in [-0.15, -0.1) is 0 Å². The molecule has 19 heavy (non-hydrogen) atoms. The Morgan fingerprint density at radius 3 is 2.74 bits per heavy atom. The first-order chi connectivity index (χ1) is 9.00. The van der Waals surface area contributed by atoms with Crippen molar-refractivity contribution in [2.24, 2.45) is 0 Å². The van der Waals surface area contributed by atoms with Crippen LogP contribution in [0.3, 0.4) is 0 Å². The summed E-state index contributed by atoms with van der Waals surface area (Å²) in [7, 11) is 0. The first-order valence-corrected chi connectivity index (χ1v) is 7.03. The van der Waals surface area contributed by atoms with E-state index in [4.69, 9.17) is 0 Å². The van der Waals surface area contributed by atoms with E-state index in [0.29, 0.717) is 5.56 Å². The fourth-order valence-electron chi connectivity index (χ4n) is 2.69. The molecule has 5 nitrogen and oxygen atoms in total. The second-order valence-corrected chi connectivity index (χ2v) is 5.61. The van der Waals surface area contributed by atoms with Crippen LogP contribution in [0.1, 0.15) is 61.6 Å². The molecule has 2 unspecified atom stereocenters. The Kier molecular flexibility index (Phi) is 4.24. The van der Waals surface area contributed by atoms with Crippen molar-refractivity contribution < 1.29 is 9.90 Å². The van der Waals surface area contributed by atoms with Gasteiger partial charge in [0.05, 0.1) is 23.9 Å². The van der Waals surface area contributed by atoms with Gasteiger partial charge in [0.1, 0.15) is 0 Å². The number of aliphatic hydroxyl groups excluding tert-OH is 1. The molecule has 1 fully saturated rings. The molecule has 1 aliphatic carbocycles. The van der Waals surface area contributed by atoms with Crippen LogP contribution in [0.2, 0.25) is 0 Å². The molecular weight excluding hydrogens is 242 g/mol. The summed E-state index contributed by atoms with van der Waals surface area (Å²) in [5.41, 5.74) is 1.48. The zero-order chi connectivity index (χ0) is 14.0. The van der Waals surface area contributed by atoms with E-state index in [0.717, 1.165) is 31.4 Å². The minimum absolute atomic E-state index is 0.122. The molecule has 1 heterocycles. The van der Waals surface area contributed by atoms with Gasteiger partial charge >= 0.3 is 0 Å². The lowest BCUT2D eigenvalue weighted by Crippen LogP contribution is -2.45. The van der Waals surface area contributed by atoms with E-state index in [1.165, 1.54) is 0 Å². The number of carbonyl (C=O) groups excluding carboxylic acids is 1. The lowest BCUT2D eigenvalue weighted by Gasteiger charge is -2.28. The molecule has 106 valence electrons. The quantitative estimate of drug-likeness (QED) is 0.875. The first kappa shape index (κ1) is 14.1. The fraction of sp³-hybridized carbons (Fsp3) is 0.714. The van der Waals surface area contributed by atoms with Gasteiger partial charge in [0, 0.05) is 11.7 Å². The molecule has 0 radical (unpaired) electrons. The average Bonchev–Trinajstić information content (AvgIpc) is 2.74. The summed E-state index contributed by atoms with van der Waals surface area (Å²) in [6.07, 6.45) is 4.92. The zero-order valence-corrected chi connectivity index (χ0v) is 11.9. The summed E-state index contributed by atoms with van der Waals surface area (Å²) in [4.78, 5) is 12.2. The highest BCUT2D eigenvalue weighted by molar-refractivity contribution is 5.95. The van der Waals surface area contributed by atoms with Crippen LogP contribution in [0.15, 0.2) is 6.20 Å². The van der Waals surface area contributed by atoms with Gasteiger partial charge in [-0.25, -0.2) is 0 Å². The van der Waals surface area contributed by atoms with Gasteiger partial charge in [-0.2, -0.15) is 5.10 Å². The van der Waals surface area contributed by atoms with Gasteiger partial charge in [0.15, 0.2) is 0 Å². The summed E-state index contributed by atoms with van der Waals surface area (Å²) >= 11 is 0. The standard InChI is InChI=1S/C14H23N3O2/c1-9(2)17-10(3)11(8-15-17)14(19)16-12-6-4-5-7-13(12)18/h8-9,12-13,18H,4-7H2,1-3H3,(H,16,19). The van der Waals surface area contributed by atoms with Crippen molar-refractivity contribution in [3.63, 3.8) is 0 Å². The average molecular weight is 265 g/mol. The van der Waals surface area contributed by atoms with E-state index in [9.17, 15) is 9.90 Å². The molecule has 2 atom stereocenters. The Morgan fingerprint density at radius 1 is 1.47 bits per heavy atom. The van der Waals surface area contributed by atoms with Crippen LogP contribution in [-0.4, -0.2) is 32.9 Å². The van der Waals surface area contributed by atoms with Crippen molar-refractivity contribution >= 4 is 5.91 Å². The maximum Gasteiger partial charge on any atom is 0.255 e. The first-order valence-electron chi connectivity index (χ1n) is 7.03. The maximum atomic E-state index is 12.2. The monoisotopic (exact) mass is 265 g/mol. The van der Waals surface area contributed by atoms with Crippen LogP contribution in [0.4, 0.5) is 0 Å². The van der Waals surface area contributed by atoms with E-state index in [-0.39, 0.29) is 18.0 Å². The third-order valence-corrected chi connectivity index (χ3v) is 3.82. The lowest BCUT2D eigenvalue weighted by atomic mass is 9.92. The topological polar surface area (TPSA) is 67.2 Å². The number of amides is 1. The Hall–Kier alpha value is -1.36. The van der Waals surface area contributed by atoms with Crippen molar-refractivity contribution in [2.75, 3.05) is 0 Å². The minimum atomic E-state index is -0.418. The van der Waals surface area contributed by atoms with Gasteiger partial charge in [0.2, 0.25) is 0 Å². The van der Waals surface area contributed by atoms with Gasteiger partial charge in [-0.1, -0.05) is 12.8 Å². The van der Waals surface area contributed by atoms with Crippen LogP contribution in [0.25, 0.3) is 0 Å². The third kappa shape index (κ3) is 2.97. The van der Waals surface area contributed by atoms with Crippen LogP contribution in [-0.2, 0) is 0 Å². The molecule has 0 aliphatic heterocycles. The number of hydrogen-bond donors (Lipinski definition) is 2. The predicted molar refractivity (Wildman–Crippen MR) is 73.1 cm³/mol. The number of rotatable bonds is 3. The molecule has 5 heteroatoms. The molecule has 1 aromatic rings. The molecular formula is C14H23N3O2. The minimum Gasteiger partial charge on any atom is -0.391 e. The molecule has 0 aromatic carbocycles. The van der Waals surface area contributed by atoms with Crippen molar-refractivity contribution in [3.05, 3.63) is 17.5 Å². The van der Waals surface area contributed by atoms with E-state index in [1.807, 2.05) is 25.5 Å². The van der Waals surface area contributed by atoms with E-state index in [1.54, 1.807) is 6.20 Å². The Morgan fingerprint density at radius 2 is 2.16 bits per heavy atom. The molecule has 1 saturated carbocycles. The number of aromatic nitrogens is 2. The lowest BCUT2D eigenvalue weighted by molar-refractivity contribution is 0.0716. The molecule has 1 amide bonds. The zero-order valence-electron chi connectivity index (χ0n) is 11.9. The van der Waals surface area contributed by atoms with E-state index >= 15 is 0 Å². The number of carbonyl (C=O) groups is 1. The summed E-state index contributed by atoms with van der Waals surface area (Å²) in [6.45, 7) is 5.97. The Balaban J connectivity index is 2.07. The van der Waals surface area contributed by atoms with Crippen molar-refractivity contribution in [3.8, 4) is 0 Å². The van der Waals surface area contributed by atoms with E-state index < -0.39 is 6.10 Å². The largest absolute Gasteiger partial charge is 0.391 e. The predicted octanol–water partition coefficient (Wildman–Crippen LogP) is 1.81. The van der Waals surface area contributed by atoms with Crippen LogP contribution < -0.4 is 5.32 Å². The van der Waals surface area contributed by atoms with Crippen molar-refractivity contribution in [2.45, 2.75) is 64.6 Å². The summed E-state index contributed by atoms with van der Waals surface area (Å²) < 4.78 is 1.84. The highest BCUT2D eigenvalue weighted by Gasteiger charge is 2.26. The van der Waals surface area contributed by atoms with Crippen LogP contribution in [0.5, 0.6) is 0 Å². The van der Waals surface area contributed by atoms with Crippen LogP contribution in [0, 0.1) is 6.92 Å². The number of aliphatic hydroxyl groups is 1. The molecule has 0 saturated heterocycles. The van der Waals surface area contributed by atoms with Crippen molar-refractivity contribution in [1.82, 2.24) is 15.1 Å². The molecule has 1 aliphatic rings. The molecule has 1 aromatic heterocycles. The van der Waals surface area contributed by atoms with Gasteiger partial charge in [0.25, 0.3) is 5.91 Å². The number of hydrogen-bond acceptors (Lipinski definition) is 3. The SMILES string of the molecule is Cc1c(C(=O)NC2CCCCC2O)cnn1C(C)C. The van der Waals surface area contributed by atoms with Gasteiger partial charge < -0.3 is 10.4 Å². The second-order valence-electron chi connectivity index (χ2n) is 5.61. The molecule has 0 bridgehead atoms. The molecule has 2 rings (SSSR count). The normalized spacial score (nSPS) is 23.6. The fourth-order valence-corrected chi connectivity index (χ4v) is 2.69. The second kappa shape index (κ2) is 5.74. The summed E-state index contributed by atoms with van der Waals surface area (Å²) in [5.74, 6) is -0.129. The van der Waals surface area contributed by atoms with Crippen molar-refractivity contribution in [1.29, 1.82) is 0 Å². The summed E-state index contributed by atoms with van der Waals surface area (Å²) in [6, 6.07) is 0.116. The summed E-state index contributed by atoms with van der Waals surface area (Å²) in [5, 5.41) is 17.1.